The molecule has 0 radical (unpaired) electrons. The minimum absolute atomic E-state index is 0.114. The van der Waals surface area contributed by atoms with Gasteiger partial charge in [0.05, 0.1) is 14.2 Å². The van der Waals surface area contributed by atoms with E-state index in [0.29, 0.717) is 11.8 Å². The first-order valence-corrected chi connectivity index (χ1v) is 8.35. The van der Waals surface area contributed by atoms with Crippen molar-refractivity contribution in [3.8, 4) is 12.0 Å². The fraction of sp³-hybridized carbons (Fsp3) is 0.562. The van der Waals surface area contributed by atoms with Crippen LogP contribution in [0.15, 0.2) is 12.3 Å². The summed E-state index contributed by atoms with van der Waals surface area (Å²) < 4.78 is 10.3. The van der Waals surface area contributed by atoms with E-state index in [1.165, 1.54) is 14.2 Å². The summed E-state index contributed by atoms with van der Waals surface area (Å²) in [5, 5.41) is 9.26. The van der Waals surface area contributed by atoms with Crippen LogP contribution in [0.4, 0.5) is 11.8 Å². The molecule has 2 aromatic rings. The molecule has 10 heteroatoms. The van der Waals surface area contributed by atoms with Crippen LogP contribution >= 0.6 is 0 Å². The summed E-state index contributed by atoms with van der Waals surface area (Å²) >= 11 is 0. The summed E-state index contributed by atoms with van der Waals surface area (Å²) in [5.74, 6) is 1.73. The SMILES string of the molecule is COc1nc(OC)nc(N2C(C)CN(c3ccnc(CO)n3)CC2C)n1. The van der Waals surface area contributed by atoms with E-state index in [4.69, 9.17) is 9.47 Å². The molecule has 1 fully saturated rings. The van der Waals surface area contributed by atoms with Gasteiger partial charge >= 0.3 is 12.0 Å². The number of aliphatic hydroxyl groups excluding tert-OH is 1. The van der Waals surface area contributed by atoms with E-state index in [-0.39, 0.29) is 30.7 Å². The molecule has 26 heavy (non-hydrogen) atoms. The highest BCUT2D eigenvalue weighted by atomic mass is 16.5. The molecule has 0 amide bonds. The van der Waals surface area contributed by atoms with Crippen molar-refractivity contribution >= 4 is 11.8 Å². The lowest BCUT2D eigenvalue weighted by atomic mass is 10.1. The van der Waals surface area contributed by atoms with Crippen LogP contribution in [-0.4, -0.2) is 69.4 Å². The van der Waals surface area contributed by atoms with Gasteiger partial charge in [0.25, 0.3) is 0 Å². The second-order valence-electron chi connectivity index (χ2n) is 6.11. The number of ether oxygens (including phenoxy) is 2. The van der Waals surface area contributed by atoms with Crippen molar-refractivity contribution in [2.75, 3.05) is 37.1 Å². The summed E-state index contributed by atoms with van der Waals surface area (Å²) in [7, 11) is 3.02. The highest BCUT2D eigenvalue weighted by Gasteiger charge is 2.32. The quantitative estimate of drug-likeness (QED) is 0.797. The summed E-state index contributed by atoms with van der Waals surface area (Å²) in [6.45, 7) is 5.47. The number of anilines is 2. The molecule has 1 saturated heterocycles. The fourth-order valence-electron chi connectivity index (χ4n) is 3.17. The normalized spacial score (nSPS) is 20.2. The summed E-state index contributed by atoms with van der Waals surface area (Å²) in [6, 6.07) is 2.52. The molecular weight excluding hydrogens is 338 g/mol. The second kappa shape index (κ2) is 7.65. The van der Waals surface area contributed by atoms with Gasteiger partial charge in [-0.25, -0.2) is 9.97 Å². The van der Waals surface area contributed by atoms with Crippen LogP contribution in [0.2, 0.25) is 0 Å². The molecule has 3 heterocycles. The smallest absolute Gasteiger partial charge is 0.324 e. The van der Waals surface area contributed by atoms with Gasteiger partial charge in [0, 0.05) is 31.4 Å². The minimum Gasteiger partial charge on any atom is -0.467 e. The van der Waals surface area contributed by atoms with Crippen molar-refractivity contribution in [2.24, 2.45) is 0 Å². The zero-order valence-corrected chi connectivity index (χ0v) is 15.3. The molecule has 3 rings (SSSR count). The van der Waals surface area contributed by atoms with Crippen LogP contribution in [0, 0.1) is 0 Å². The van der Waals surface area contributed by atoms with Gasteiger partial charge in [-0.1, -0.05) is 0 Å². The zero-order valence-electron chi connectivity index (χ0n) is 15.3. The van der Waals surface area contributed by atoms with Gasteiger partial charge in [-0.3, -0.25) is 0 Å². The highest BCUT2D eigenvalue weighted by molar-refractivity contribution is 5.45. The van der Waals surface area contributed by atoms with Crippen LogP contribution in [0.1, 0.15) is 19.7 Å². The molecule has 1 aliphatic rings. The molecule has 2 aromatic heterocycles. The van der Waals surface area contributed by atoms with E-state index in [0.717, 1.165) is 18.9 Å². The monoisotopic (exact) mass is 361 g/mol. The van der Waals surface area contributed by atoms with Gasteiger partial charge in [-0.2, -0.15) is 9.97 Å². The number of piperazine rings is 1. The molecule has 1 aliphatic heterocycles. The first-order chi connectivity index (χ1) is 12.5. The Morgan fingerprint density at radius 2 is 1.65 bits per heavy atom. The van der Waals surface area contributed by atoms with Crippen LogP contribution in [0.3, 0.4) is 0 Å². The predicted octanol–water partition coefficient (Wildman–Crippen LogP) is 0.275. The van der Waals surface area contributed by atoms with Crippen LogP contribution in [-0.2, 0) is 6.61 Å². The molecular formula is C16H23N7O3. The molecule has 0 bridgehead atoms. The van der Waals surface area contributed by atoms with E-state index in [2.05, 4.69) is 48.6 Å². The van der Waals surface area contributed by atoms with E-state index in [9.17, 15) is 5.11 Å². The summed E-state index contributed by atoms with van der Waals surface area (Å²) in [4.78, 5) is 25.5. The van der Waals surface area contributed by atoms with Crippen molar-refractivity contribution in [3.05, 3.63) is 18.1 Å². The van der Waals surface area contributed by atoms with Crippen molar-refractivity contribution in [1.82, 2.24) is 24.9 Å². The number of rotatable bonds is 5. The number of nitrogens with zero attached hydrogens (tertiary/aromatic N) is 7. The maximum Gasteiger partial charge on any atom is 0.324 e. The molecule has 0 saturated carbocycles. The lowest BCUT2D eigenvalue weighted by Gasteiger charge is -2.44. The zero-order chi connectivity index (χ0) is 18.7. The van der Waals surface area contributed by atoms with Gasteiger partial charge in [-0.15, -0.1) is 4.98 Å². The van der Waals surface area contributed by atoms with E-state index < -0.39 is 0 Å². The van der Waals surface area contributed by atoms with Crippen molar-refractivity contribution in [2.45, 2.75) is 32.5 Å². The number of hydrogen-bond donors (Lipinski definition) is 1. The van der Waals surface area contributed by atoms with Gasteiger partial charge < -0.3 is 24.4 Å². The Bertz CT molecular complexity index is 726. The Labute approximate surface area is 151 Å². The Hall–Kier alpha value is -2.75. The first kappa shape index (κ1) is 18.1. The third-order valence-corrected chi connectivity index (χ3v) is 4.25. The Kier molecular flexibility index (Phi) is 5.31. The summed E-state index contributed by atoms with van der Waals surface area (Å²) in [5.41, 5.74) is 0. The second-order valence-corrected chi connectivity index (χ2v) is 6.11. The minimum atomic E-state index is -0.177. The average Bonchev–Trinajstić information content (AvgIpc) is 2.67. The standard InChI is InChI=1S/C16H23N7O3/c1-10-7-22(13-5-6-17-12(9-24)18-13)8-11(2)23(10)14-19-15(25-3)21-16(20-14)26-4/h5-6,10-11,24H,7-9H2,1-4H3. The van der Waals surface area contributed by atoms with Gasteiger partial charge in [0.1, 0.15) is 12.4 Å². The highest BCUT2D eigenvalue weighted by Crippen LogP contribution is 2.26. The molecule has 0 aliphatic carbocycles. The Morgan fingerprint density at radius 1 is 1.04 bits per heavy atom. The van der Waals surface area contributed by atoms with Crippen LogP contribution < -0.4 is 19.3 Å². The van der Waals surface area contributed by atoms with E-state index in [1.54, 1.807) is 6.20 Å². The number of aliphatic hydroxyl groups is 1. The molecule has 10 nitrogen and oxygen atoms in total. The fourth-order valence-corrected chi connectivity index (χ4v) is 3.17. The van der Waals surface area contributed by atoms with Crippen molar-refractivity contribution in [1.29, 1.82) is 0 Å². The lowest BCUT2D eigenvalue weighted by molar-refractivity contribution is 0.271. The van der Waals surface area contributed by atoms with E-state index in [1.807, 2.05) is 6.07 Å². The summed E-state index contributed by atoms with van der Waals surface area (Å²) in [6.07, 6.45) is 1.66. The van der Waals surface area contributed by atoms with Gasteiger partial charge in [-0.05, 0) is 19.9 Å². The predicted molar refractivity (Wildman–Crippen MR) is 94.5 cm³/mol. The van der Waals surface area contributed by atoms with Crippen molar-refractivity contribution < 1.29 is 14.6 Å². The number of methoxy groups -OCH3 is 2. The molecule has 140 valence electrons. The molecule has 2 atom stereocenters. The molecule has 2 unspecified atom stereocenters. The maximum absolute atomic E-state index is 9.26. The first-order valence-electron chi connectivity index (χ1n) is 8.35. The van der Waals surface area contributed by atoms with E-state index >= 15 is 0 Å². The maximum atomic E-state index is 9.26. The Morgan fingerprint density at radius 3 is 2.19 bits per heavy atom. The third-order valence-electron chi connectivity index (χ3n) is 4.25. The van der Waals surface area contributed by atoms with Crippen molar-refractivity contribution in [3.63, 3.8) is 0 Å². The lowest BCUT2D eigenvalue weighted by Crippen LogP contribution is -2.57. The van der Waals surface area contributed by atoms with Crippen LogP contribution in [0.5, 0.6) is 12.0 Å². The molecule has 0 spiro atoms. The molecule has 0 aromatic carbocycles. The topological polar surface area (TPSA) is 110 Å². The Balaban J connectivity index is 1.85. The molecule has 1 N–H and O–H groups in total. The largest absolute Gasteiger partial charge is 0.467 e. The number of aromatic nitrogens is 5. The average molecular weight is 361 g/mol. The third kappa shape index (κ3) is 3.59. The van der Waals surface area contributed by atoms with Gasteiger partial charge in [0.2, 0.25) is 5.95 Å². The van der Waals surface area contributed by atoms with Gasteiger partial charge in [0.15, 0.2) is 5.82 Å². The number of hydrogen-bond acceptors (Lipinski definition) is 10. The van der Waals surface area contributed by atoms with Crippen LogP contribution in [0.25, 0.3) is 0 Å².